The average molecular weight is 385 g/mol. The lowest BCUT2D eigenvalue weighted by Gasteiger charge is -2.63. The van der Waals surface area contributed by atoms with Crippen molar-refractivity contribution in [2.75, 3.05) is 13.2 Å². The monoisotopic (exact) mass is 384 g/mol. The van der Waals surface area contributed by atoms with E-state index in [4.69, 9.17) is 4.74 Å². The van der Waals surface area contributed by atoms with Crippen LogP contribution in [0.3, 0.4) is 0 Å². The molecule has 2 aliphatic rings. The maximum atomic E-state index is 12.4. The Labute approximate surface area is 162 Å². The summed E-state index contributed by atoms with van der Waals surface area (Å²) in [5, 5.41) is 42.1. The third-order valence-corrected chi connectivity index (χ3v) is 7.01. The second-order valence-electron chi connectivity index (χ2n) is 9.08. The van der Waals surface area contributed by atoms with Crippen molar-refractivity contribution in [1.82, 2.24) is 0 Å². The first kappa shape index (κ1) is 22.3. The van der Waals surface area contributed by atoms with Gasteiger partial charge in [-0.25, -0.2) is 0 Å². The lowest BCUT2D eigenvalue weighted by atomic mass is 9.45. The van der Waals surface area contributed by atoms with Crippen molar-refractivity contribution in [2.45, 2.75) is 84.0 Å². The quantitative estimate of drug-likeness (QED) is 0.304. The molecule has 5 atom stereocenters. The van der Waals surface area contributed by atoms with Crippen molar-refractivity contribution in [3.05, 3.63) is 11.6 Å². The van der Waals surface area contributed by atoms with E-state index in [9.17, 15) is 25.2 Å². The maximum absolute atomic E-state index is 12.4. The van der Waals surface area contributed by atoms with Gasteiger partial charge in [0.15, 0.2) is 0 Å². The molecule has 1 saturated carbocycles. The number of hydrogen-bond donors (Lipinski definition) is 4. The first-order valence-corrected chi connectivity index (χ1v) is 10.1. The number of unbranched alkanes of at least 4 members (excludes halogenated alkanes) is 2. The molecule has 4 N–H and O–H groups in total. The molecule has 0 aromatic rings. The van der Waals surface area contributed by atoms with Crippen LogP contribution in [0.5, 0.6) is 0 Å². The Balaban J connectivity index is 2.46. The van der Waals surface area contributed by atoms with Crippen molar-refractivity contribution >= 4 is 5.97 Å². The van der Waals surface area contributed by atoms with Crippen molar-refractivity contribution < 1.29 is 30.0 Å². The first-order valence-electron chi connectivity index (χ1n) is 10.1. The molecule has 0 bridgehead atoms. The molecule has 6 heteroatoms. The first-order chi connectivity index (χ1) is 12.6. The van der Waals surface area contributed by atoms with E-state index < -0.39 is 42.4 Å². The summed E-state index contributed by atoms with van der Waals surface area (Å²) in [6, 6.07) is 0. The van der Waals surface area contributed by atoms with Crippen LogP contribution in [0.1, 0.15) is 66.2 Å². The number of ether oxygens (including phenoxy) is 1. The third-order valence-electron chi connectivity index (χ3n) is 7.01. The Morgan fingerprint density at radius 2 is 1.93 bits per heavy atom. The summed E-state index contributed by atoms with van der Waals surface area (Å²) in [4.78, 5) is 12.4. The maximum Gasteiger partial charge on any atom is 0.306 e. The Hall–Kier alpha value is -0.950. The van der Waals surface area contributed by atoms with Gasteiger partial charge in [0.05, 0.1) is 19.3 Å². The minimum absolute atomic E-state index is 0.201. The summed E-state index contributed by atoms with van der Waals surface area (Å²) in [5.74, 6) is -0.703. The summed E-state index contributed by atoms with van der Waals surface area (Å²) >= 11 is 0. The minimum atomic E-state index is -1.77. The zero-order chi connectivity index (χ0) is 20.5. The fourth-order valence-electron chi connectivity index (χ4n) is 5.37. The predicted octanol–water partition coefficient (Wildman–Crippen LogP) is 1.94. The number of esters is 1. The smallest absolute Gasteiger partial charge is 0.306 e. The molecule has 0 heterocycles. The number of carbonyl (C=O) groups excluding carboxylic acids is 1. The van der Waals surface area contributed by atoms with Crippen molar-refractivity contribution in [1.29, 1.82) is 0 Å². The zero-order valence-electron chi connectivity index (χ0n) is 17.1. The highest BCUT2D eigenvalue weighted by Gasteiger charge is 2.66. The van der Waals surface area contributed by atoms with Gasteiger partial charge in [0.2, 0.25) is 0 Å². The van der Waals surface area contributed by atoms with Crippen LogP contribution >= 0.6 is 0 Å². The van der Waals surface area contributed by atoms with Gasteiger partial charge >= 0.3 is 5.97 Å². The van der Waals surface area contributed by atoms with Gasteiger partial charge in [-0.05, 0) is 36.3 Å². The van der Waals surface area contributed by atoms with Gasteiger partial charge < -0.3 is 25.2 Å². The SMILES string of the molecule is CCCCCC(=O)O[C@H]1C=C(CO)[C@@](O)(CO)[C@]2(C)[C@H]1C(C)(C)CC[C@@H]2O. The number of aliphatic hydroxyl groups is 4. The van der Waals surface area contributed by atoms with Gasteiger partial charge in [0.25, 0.3) is 0 Å². The lowest BCUT2D eigenvalue weighted by molar-refractivity contribution is -0.237. The molecule has 0 spiro atoms. The Morgan fingerprint density at radius 3 is 2.48 bits per heavy atom. The molecule has 0 aromatic carbocycles. The molecule has 2 aliphatic carbocycles. The van der Waals surface area contributed by atoms with E-state index in [1.165, 1.54) is 0 Å². The zero-order valence-corrected chi connectivity index (χ0v) is 17.1. The number of hydrogen-bond acceptors (Lipinski definition) is 6. The van der Waals surface area contributed by atoms with Crippen LogP contribution in [0.15, 0.2) is 11.6 Å². The van der Waals surface area contributed by atoms with Gasteiger partial charge in [0.1, 0.15) is 11.7 Å². The second kappa shape index (κ2) is 8.19. The largest absolute Gasteiger partial charge is 0.458 e. The van der Waals surface area contributed by atoms with E-state index in [-0.39, 0.29) is 17.0 Å². The molecular weight excluding hydrogens is 348 g/mol. The highest BCUT2D eigenvalue weighted by Crippen LogP contribution is 2.61. The lowest BCUT2D eigenvalue weighted by Crippen LogP contribution is -2.70. The normalized spacial score (nSPS) is 38.1. The standard InChI is InChI=1S/C21H36O6/c1-5-6-7-8-17(25)27-15-11-14(12-22)21(26,13-23)20(4)16(24)9-10-19(2,3)18(15)20/h11,15-16,18,22-24,26H,5-10,12-13H2,1-4H3/t15-,16-,18+,20-,21-/m0/s1. The minimum Gasteiger partial charge on any atom is -0.458 e. The highest BCUT2D eigenvalue weighted by molar-refractivity contribution is 5.69. The molecule has 0 amide bonds. The van der Waals surface area contributed by atoms with Crippen LogP contribution < -0.4 is 0 Å². The van der Waals surface area contributed by atoms with Gasteiger partial charge in [-0.15, -0.1) is 0 Å². The third kappa shape index (κ3) is 3.69. The summed E-state index contributed by atoms with van der Waals surface area (Å²) in [7, 11) is 0. The van der Waals surface area contributed by atoms with E-state index in [1.807, 2.05) is 13.8 Å². The summed E-state index contributed by atoms with van der Waals surface area (Å²) in [5.41, 5.74) is -3.05. The number of carbonyl (C=O) groups is 1. The van der Waals surface area contributed by atoms with E-state index in [0.717, 1.165) is 19.3 Å². The van der Waals surface area contributed by atoms with Gasteiger partial charge in [-0.2, -0.15) is 0 Å². The molecule has 156 valence electrons. The van der Waals surface area contributed by atoms with Crippen LogP contribution in [-0.4, -0.2) is 57.4 Å². The number of fused-ring (bicyclic) bond motifs is 1. The van der Waals surface area contributed by atoms with Crippen molar-refractivity contribution in [3.8, 4) is 0 Å². The van der Waals surface area contributed by atoms with Gasteiger partial charge in [-0.1, -0.05) is 40.5 Å². The van der Waals surface area contributed by atoms with E-state index >= 15 is 0 Å². The second-order valence-corrected chi connectivity index (χ2v) is 9.08. The molecule has 6 nitrogen and oxygen atoms in total. The molecule has 1 fully saturated rings. The fourth-order valence-corrected chi connectivity index (χ4v) is 5.37. The Morgan fingerprint density at radius 1 is 1.26 bits per heavy atom. The van der Waals surface area contributed by atoms with Crippen LogP contribution in [-0.2, 0) is 9.53 Å². The molecule has 0 unspecified atom stereocenters. The topological polar surface area (TPSA) is 107 Å². The Bertz CT molecular complexity index is 571. The molecule has 0 radical (unpaired) electrons. The molecule has 0 saturated heterocycles. The van der Waals surface area contributed by atoms with Crippen LogP contribution in [0.25, 0.3) is 0 Å². The van der Waals surface area contributed by atoms with E-state index in [0.29, 0.717) is 19.3 Å². The van der Waals surface area contributed by atoms with Gasteiger partial charge in [0, 0.05) is 17.8 Å². The number of aliphatic hydroxyl groups excluding tert-OH is 3. The summed E-state index contributed by atoms with van der Waals surface area (Å²) in [6.07, 6.45) is 4.26. The molecule has 0 aliphatic heterocycles. The summed E-state index contributed by atoms with van der Waals surface area (Å²) in [6.45, 7) is 6.79. The van der Waals surface area contributed by atoms with Crippen molar-refractivity contribution in [3.63, 3.8) is 0 Å². The fraction of sp³-hybridized carbons (Fsp3) is 0.857. The molecule has 27 heavy (non-hydrogen) atoms. The molecular formula is C21H36O6. The van der Waals surface area contributed by atoms with Crippen LogP contribution in [0.2, 0.25) is 0 Å². The van der Waals surface area contributed by atoms with Crippen molar-refractivity contribution in [2.24, 2.45) is 16.7 Å². The average Bonchev–Trinajstić information content (AvgIpc) is 2.61. The van der Waals surface area contributed by atoms with E-state index in [1.54, 1.807) is 13.0 Å². The molecule has 2 rings (SSSR count). The van der Waals surface area contributed by atoms with Crippen LogP contribution in [0, 0.1) is 16.7 Å². The number of rotatable bonds is 7. The van der Waals surface area contributed by atoms with Crippen LogP contribution in [0.4, 0.5) is 0 Å². The van der Waals surface area contributed by atoms with Gasteiger partial charge in [-0.3, -0.25) is 4.79 Å². The Kier molecular flexibility index (Phi) is 6.78. The van der Waals surface area contributed by atoms with E-state index in [2.05, 4.69) is 6.92 Å². The predicted molar refractivity (Wildman–Crippen MR) is 102 cm³/mol. The summed E-state index contributed by atoms with van der Waals surface area (Å²) < 4.78 is 5.80. The molecule has 0 aromatic heterocycles. The highest BCUT2D eigenvalue weighted by atomic mass is 16.5.